The number of primary amides is 1. The van der Waals surface area contributed by atoms with Gasteiger partial charge in [-0.05, 0) is 10.2 Å². The van der Waals surface area contributed by atoms with Crippen molar-refractivity contribution in [2.75, 3.05) is 0 Å². The molecule has 0 aliphatic carbocycles. The average molecular weight is 224 g/mol. The maximum absolute atomic E-state index is 9.86. The van der Waals surface area contributed by atoms with Crippen LogP contribution in [0.25, 0.3) is 0 Å². The highest BCUT2D eigenvalue weighted by Crippen LogP contribution is 1.79. The van der Waals surface area contributed by atoms with Gasteiger partial charge in [-0.25, -0.2) is 9.79 Å². The number of hydrogen-bond donors (Lipinski definition) is 1. The summed E-state index contributed by atoms with van der Waals surface area (Å²) >= 11 is 2.01. The largest absolute Gasteiger partial charge is 0.350 e. The molecular weight excluding hydrogens is 219 g/mol. The van der Waals surface area contributed by atoms with Gasteiger partial charge < -0.3 is 5.73 Å². The van der Waals surface area contributed by atoms with Gasteiger partial charge in [0.2, 0.25) is 0 Å². The lowest BCUT2D eigenvalue weighted by Gasteiger charge is -1.73. The van der Waals surface area contributed by atoms with Gasteiger partial charge in [-0.3, -0.25) is 0 Å². The Balaban J connectivity index is 3.50. The molecule has 3 nitrogen and oxygen atoms in total. The first kappa shape index (κ1) is 7.61. The van der Waals surface area contributed by atoms with Gasteiger partial charge in [0.1, 0.15) is 0 Å². The van der Waals surface area contributed by atoms with Gasteiger partial charge in [-0.1, -0.05) is 22.6 Å². The Hall–Kier alpha value is -0.390. The molecule has 2 N–H and O–H groups in total. The minimum Gasteiger partial charge on any atom is -0.350 e. The van der Waals surface area contributed by atoms with E-state index in [4.69, 9.17) is 0 Å². The number of urea groups is 1. The van der Waals surface area contributed by atoms with E-state index in [0.29, 0.717) is 0 Å². The molecule has 0 spiro atoms. The van der Waals surface area contributed by atoms with Gasteiger partial charge in [0, 0.05) is 6.21 Å². The fourth-order valence-corrected chi connectivity index (χ4v) is 0.335. The van der Waals surface area contributed by atoms with E-state index >= 15 is 0 Å². The molecule has 0 bridgehead atoms. The summed E-state index contributed by atoms with van der Waals surface area (Å²) in [5, 5.41) is 0. The normalized spacial score (nSPS) is 11.1. The molecule has 0 fully saturated rings. The van der Waals surface area contributed by atoms with Gasteiger partial charge in [-0.15, -0.1) is 0 Å². The third-order valence-corrected chi connectivity index (χ3v) is 0.776. The zero-order valence-corrected chi connectivity index (χ0v) is 6.20. The van der Waals surface area contributed by atoms with E-state index in [-0.39, 0.29) is 0 Å². The number of halogens is 1. The van der Waals surface area contributed by atoms with Crippen LogP contribution >= 0.6 is 22.6 Å². The van der Waals surface area contributed by atoms with E-state index in [0.717, 1.165) is 0 Å². The van der Waals surface area contributed by atoms with Crippen molar-refractivity contribution in [3.8, 4) is 0 Å². The van der Waals surface area contributed by atoms with E-state index in [1.165, 1.54) is 6.21 Å². The van der Waals surface area contributed by atoms with Crippen LogP contribution in [0.2, 0.25) is 0 Å². The lowest BCUT2D eigenvalue weighted by Crippen LogP contribution is -2.03. The highest BCUT2D eigenvalue weighted by molar-refractivity contribution is 14.1. The fourth-order valence-electron chi connectivity index (χ4n) is 0.149. The Kier molecular flexibility index (Phi) is 4.53. The lowest BCUT2D eigenvalue weighted by atomic mass is 10.7. The van der Waals surface area contributed by atoms with Gasteiger partial charge in [0.15, 0.2) is 0 Å². The summed E-state index contributed by atoms with van der Waals surface area (Å²) in [7, 11) is 0. The summed E-state index contributed by atoms with van der Waals surface area (Å²) in [6.07, 6.45) is 2.96. The number of carbonyl (C=O) groups excluding carboxylic acids is 1. The minimum absolute atomic E-state index is 0.667. The molecule has 0 aromatic heterocycles. The Morgan fingerprint density at radius 3 is 2.75 bits per heavy atom. The van der Waals surface area contributed by atoms with Crippen molar-refractivity contribution < 1.29 is 4.79 Å². The fraction of sp³-hybridized carbons (Fsp3) is 0. The summed E-state index contributed by atoms with van der Waals surface area (Å²) in [4.78, 5) is 13.1. The molecule has 0 rings (SSSR count). The summed E-state index contributed by atoms with van der Waals surface area (Å²) in [6, 6.07) is -0.667. The number of nitrogens with two attached hydrogens (primary N) is 1. The number of aliphatic imine (C=N–C) groups is 1. The third-order valence-electron chi connectivity index (χ3n) is 0.361. The molecule has 0 saturated carbocycles. The standard InChI is InChI=1S/C4H5IN2O/c5-2-1-3-7-4(6)8/h1-3H,(H2,6,8)/b2-1-,7-3-. The maximum atomic E-state index is 9.86. The molecule has 0 saturated heterocycles. The maximum Gasteiger partial charge on any atom is 0.338 e. The van der Waals surface area contributed by atoms with Gasteiger partial charge in [0.05, 0.1) is 0 Å². The second-order valence-electron chi connectivity index (χ2n) is 0.935. The van der Waals surface area contributed by atoms with Crippen molar-refractivity contribution in [1.82, 2.24) is 0 Å². The van der Waals surface area contributed by atoms with Crippen molar-refractivity contribution in [3.63, 3.8) is 0 Å². The second-order valence-corrected chi connectivity index (χ2v) is 1.65. The Labute approximate surface area is 60.8 Å². The molecule has 8 heavy (non-hydrogen) atoms. The predicted octanol–water partition coefficient (Wildman–Crippen LogP) is 1.08. The van der Waals surface area contributed by atoms with E-state index in [9.17, 15) is 4.79 Å². The van der Waals surface area contributed by atoms with E-state index in [1.807, 2.05) is 22.6 Å². The van der Waals surface area contributed by atoms with Crippen LogP contribution in [0.1, 0.15) is 0 Å². The second kappa shape index (κ2) is 4.76. The topological polar surface area (TPSA) is 55.5 Å². The van der Waals surface area contributed by atoms with Crippen molar-refractivity contribution in [1.29, 1.82) is 0 Å². The van der Waals surface area contributed by atoms with Crippen LogP contribution < -0.4 is 5.73 Å². The molecule has 0 unspecified atom stereocenters. The number of carbonyl (C=O) groups is 1. The zero-order chi connectivity index (χ0) is 6.41. The van der Waals surface area contributed by atoms with E-state index < -0.39 is 6.03 Å². The number of nitrogens with zero attached hydrogens (tertiary/aromatic N) is 1. The molecule has 44 valence electrons. The highest BCUT2D eigenvalue weighted by Gasteiger charge is 1.76. The van der Waals surface area contributed by atoms with E-state index in [1.54, 1.807) is 10.2 Å². The summed E-state index contributed by atoms with van der Waals surface area (Å²) < 4.78 is 1.73. The predicted molar refractivity (Wildman–Crippen MR) is 41.2 cm³/mol. The summed E-state index contributed by atoms with van der Waals surface area (Å²) in [5.41, 5.74) is 4.66. The first-order chi connectivity index (χ1) is 3.77. The molecule has 0 aromatic rings. The smallest absolute Gasteiger partial charge is 0.338 e. The van der Waals surface area contributed by atoms with Gasteiger partial charge >= 0.3 is 6.03 Å². The third kappa shape index (κ3) is 5.61. The molecule has 0 aliphatic rings. The average Bonchev–Trinajstić information content (AvgIpc) is 1.66. The molecular formula is C4H5IN2O. The van der Waals surface area contributed by atoms with Crippen molar-refractivity contribution in [3.05, 3.63) is 10.2 Å². The summed E-state index contributed by atoms with van der Waals surface area (Å²) in [6.45, 7) is 0. The van der Waals surface area contributed by atoms with Crippen molar-refractivity contribution >= 4 is 34.8 Å². The van der Waals surface area contributed by atoms with Crippen LogP contribution in [0.15, 0.2) is 15.2 Å². The molecule has 2 amide bonds. The van der Waals surface area contributed by atoms with Crippen LogP contribution in [0.3, 0.4) is 0 Å². The van der Waals surface area contributed by atoms with Crippen LogP contribution in [-0.4, -0.2) is 12.2 Å². The SMILES string of the molecule is NC(=O)/N=C\C=C/I. The van der Waals surface area contributed by atoms with Crippen LogP contribution in [0.5, 0.6) is 0 Å². The van der Waals surface area contributed by atoms with Crippen molar-refractivity contribution in [2.45, 2.75) is 0 Å². The molecule has 0 heterocycles. The number of rotatable bonds is 1. The number of hydrogen-bond acceptors (Lipinski definition) is 1. The summed E-state index contributed by atoms with van der Waals surface area (Å²) in [5.74, 6) is 0. The lowest BCUT2D eigenvalue weighted by molar-refractivity contribution is 0.257. The van der Waals surface area contributed by atoms with Crippen LogP contribution in [0.4, 0.5) is 4.79 Å². The quantitative estimate of drug-likeness (QED) is 0.525. The van der Waals surface area contributed by atoms with Crippen LogP contribution in [-0.2, 0) is 0 Å². The zero-order valence-electron chi connectivity index (χ0n) is 4.04. The monoisotopic (exact) mass is 224 g/mol. The first-order valence-corrected chi connectivity index (χ1v) is 3.11. The first-order valence-electron chi connectivity index (χ1n) is 1.86. The van der Waals surface area contributed by atoms with E-state index in [2.05, 4.69) is 10.7 Å². The van der Waals surface area contributed by atoms with Gasteiger partial charge in [0.25, 0.3) is 0 Å². The molecule has 0 radical (unpaired) electrons. The number of amides is 2. The number of allylic oxidation sites excluding steroid dienone is 1. The Morgan fingerprint density at radius 2 is 2.38 bits per heavy atom. The molecule has 0 aliphatic heterocycles. The molecule has 4 heteroatoms. The Bertz CT molecular complexity index is 130. The Morgan fingerprint density at radius 1 is 1.75 bits per heavy atom. The van der Waals surface area contributed by atoms with Gasteiger partial charge in [-0.2, -0.15) is 0 Å². The minimum atomic E-state index is -0.667. The molecule has 0 aromatic carbocycles. The highest BCUT2D eigenvalue weighted by atomic mass is 127. The molecule has 0 atom stereocenters. The van der Waals surface area contributed by atoms with Crippen molar-refractivity contribution in [2.24, 2.45) is 10.7 Å². The van der Waals surface area contributed by atoms with Crippen LogP contribution in [0, 0.1) is 0 Å².